The average molecular weight is 242 g/mol. The van der Waals surface area contributed by atoms with E-state index in [1.54, 1.807) is 13.0 Å². The van der Waals surface area contributed by atoms with Crippen molar-refractivity contribution < 1.29 is 18.3 Å². The van der Waals surface area contributed by atoms with Crippen LogP contribution in [0.4, 0.5) is 5.69 Å². The van der Waals surface area contributed by atoms with E-state index in [0.717, 1.165) is 9.87 Å². The Hall–Kier alpha value is -1.76. The largest absolute Gasteiger partial charge is 0.506 e. The molecule has 0 bridgehead atoms. The summed E-state index contributed by atoms with van der Waals surface area (Å²) in [5.41, 5.74) is 0.903. The molecule has 0 spiro atoms. The van der Waals surface area contributed by atoms with E-state index in [1.165, 1.54) is 12.1 Å². The van der Waals surface area contributed by atoms with Crippen molar-refractivity contribution >= 4 is 21.8 Å². The van der Waals surface area contributed by atoms with Crippen molar-refractivity contribution in [3.63, 3.8) is 0 Å². The highest BCUT2D eigenvalue weighted by Gasteiger charge is 2.35. The van der Waals surface area contributed by atoms with Crippen LogP contribution in [0.1, 0.15) is 5.56 Å². The lowest BCUT2D eigenvalue weighted by Crippen LogP contribution is -2.29. The van der Waals surface area contributed by atoms with Gasteiger partial charge in [-0.3, -0.25) is 4.79 Å². The molecule has 0 aliphatic carbocycles. The van der Waals surface area contributed by atoms with Crippen LogP contribution >= 0.6 is 0 Å². The molecule has 2 rings (SSSR count). The fourth-order valence-electron chi connectivity index (χ4n) is 1.49. The Bertz CT molecular complexity index is 553. The minimum absolute atomic E-state index is 0.110. The van der Waals surface area contributed by atoms with Crippen LogP contribution in [0, 0.1) is 6.92 Å². The molecule has 0 saturated carbocycles. The molecule has 1 aromatic rings. The van der Waals surface area contributed by atoms with Gasteiger partial charge < -0.3 is 5.11 Å². The number of anilines is 1. The van der Waals surface area contributed by atoms with Crippen molar-refractivity contribution in [3.05, 3.63) is 23.8 Å². The number of benzene rings is 1. The summed E-state index contributed by atoms with van der Waals surface area (Å²) in [6.07, 6.45) is 0. The molecule has 0 radical (unpaired) electrons. The third kappa shape index (κ3) is 1.69. The number of aromatic hydroxyl groups is 1. The van der Waals surface area contributed by atoms with Crippen LogP contribution < -0.4 is 9.03 Å². The predicted octanol–water partition coefficient (Wildman–Crippen LogP) is -0.118. The number of carbonyl (C=O) groups excluding carboxylic acids is 1. The monoisotopic (exact) mass is 242 g/mol. The number of carbonyl (C=O) groups is 1. The molecule has 6 nitrogen and oxygen atoms in total. The molecule has 1 aromatic carbocycles. The second-order valence-corrected chi connectivity index (χ2v) is 5.12. The molecule has 86 valence electrons. The molecule has 1 heterocycles. The lowest BCUT2D eigenvalue weighted by atomic mass is 10.2. The van der Waals surface area contributed by atoms with E-state index < -0.39 is 16.1 Å². The Morgan fingerprint density at radius 3 is 2.69 bits per heavy atom. The van der Waals surface area contributed by atoms with Crippen molar-refractivity contribution in [2.45, 2.75) is 6.92 Å². The average Bonchev–Trinajstić information content (AvgIpc) is 2.43. The summed E-state index contributed by atoms with van der Waals surface area (Å²) in [6.45, 7) is 1.46. The number of aryl methyl sites for hydroxylation is 1. The van der Waals surface area contributed by atoms with Crippen molar-refractivity contribution in [2.24, 2.45) is 0 Å². The number of hydrogen-bond acceptors (Lipinski definition) is 4. The summed E-state index contributed by atoms with van der Waals surface area (Å²) in [5, 5.41) is 9.57. The molecule has 16 heavy (non-hydrogen) atoms. The highest BCUT2D eigenvalue weighted by atomic mass is 32.2. The van der Waals surface area contributed by atoms with Crippen LogP contribution in [0.3, 0.4) is 0 Å². The zero-order valence-electron chi connectivity index (χ0n) is 8.47. The molecule has 1 saturated heterocycles. The maximum atomic E-state index is 11.5. The van der Waals surface area contributed by atoms with Gasteiger partial charge in [-0.2, -0.15) is 8.42 Å². The van der Waals surface area contributed by atoms with E-state index in [-0.39, 0.29) is 18.0 Å². The van der Waals surface area contributed by atoms with Crippen LogP contribution in [0.5, 0.6) is 5.75 Å². The van der Waals surface area contributed by atoms with Gasteiger partial charge in [0, 0.05) is 0 Å². The Balaban J connectivity index is 2.53. The molecule has 1 aliphatic heterocycles. The lowest BCUT2D eigenvalue weighted by Gasteiger charge is -2.16. The minimum atomic E-state index is -3.85. The van der Waals surface area contributed by atoms with Crippen molar-refractivity contribution in [3.8, 4) is 5.75 Å². The van der Waals surface area contributed by atoms with Gasteiger partial charge in [0.05, 0.1) is 5.69 Å². The molecule has 0 aromatic heterocycles. The van der Waals surface area contributed by atoms with Crippen LogP contribution in [-0.2, 0) is 15.0 Å². The van der Waals surface area contributed by atoms with Gasteiger partial charge >= 0.3 is 10.2 Å². The third-order valence-corrected chi connectivity index (χ3v) is 3.61. The normalized spacial score (nSPS) is 18.6. The Kier molecular flexibility index (Phi) is 2.27. The number of rotatable bonds is 1. The van der Waals surface area contributed by atoms with Gasteiger partial charge in [0.1, 0.15) is 12.3 Å². The van der Waals surface area contributed by atoms with Crippen LogP contribution in [0.2, 0.25) is 0 Å². The maximum Gasteiger partial charge on any atom is 0.326 e. The third-order valence-electron chi connectivity index (χ3n) is 2.22. The number of nitrogens with zero attached hydrogens (tertiary/aromatic N) is 1. The number of amides is 1. The van der Waals surface area contributed by atoms with Gasteiger partial charge in [0.15, 0.2) is 0 Å². The zero-order chi connectivity index (χ0) is 11.9. The molecule has 0 atom stereocenters. The fraction of sp³-hybridized carbons (Fsp3) is 0.222. The number of phenolic OH excluding ortho intramolecular Hbond substituents is 1. The van der Waals surface area contributed by atoms with Crippen LogP contribution in [0.25, 0.3) is 0 Å². The standard InChI is InChI=1S/C9H10N2O4S/c1-6-2-3-8(12)7(4-6)11-5-9(13)10-16(11,14)15/h2-4,12H,5H2,1H3,(H,10,13). The first-order valence-corrected chi connectivity index (χ1v) is 5.97. The predicted molar refractivity (Wildman–Crippen MR) is 57.3 cm³/mol. The zero-order valence-corrected chi connectivity index (χ0v) is 9.28. The van der Waals surface area contributed by atoms with Crippen molar-refractivity contribution in [2.75, 3.05) is 10.8 Å². The van der Waals surface area contributed by atoms with E-state index >= 15 is 0 Å². The van der Waals surface area contributed by atoms with Gasteiger partial charge in [0.2, 0.25) is 0 Å². The van der Waals surface area contributed by atoms with E-state index in [4.69, 9.17) is 0 Å². The molecular formula is C9H10N2O4S. The van der Waals surface area contributed by atoms with Crippen molar-refractivity contribution in [1.82, 2.24) is 4.72 Å². The molecule has 1 fully saturated rings. The summed E-state index contributed by atoms with van der Waals surface area (Å²) in [4.78, 5) is 11.0. The lowest BCUT2D eigenvalue weighted by molar-refractivity contribution is -0.117. The van der Waals surface area contributed by atoms with E-state index in [2.05, 4.69) is 0 Å². The Labute approximate surface area is 92.7 Å². The number of nitrogens with one attached hydrogen (secondary N) is 1. The molecule has 2 N–H and O–H groups in total. The second kappa shape index (κ2) is 3.38. The van der Waals surface area contributed by atoms with E-state index in [0.29, 0.717) is 0 Å². The quantitative estimate of drug-likeness (QED) is 0.719. The summed E-state index contributed by atoms with van der Waals surface area (Å²) in [5.74, 6) is -0.786. The topological polar surface area (TPSA) is 86.7 Å². The highest BCUT2D eigenvalue weighted by molar-refractivity contribution is 7.92. The first-order valence-electron chi connectivity index (χ1n) is 4.53. The smallest absolute Gasteiger partial charge is 0.326 e. The van der Waals surface area contributed by atoms with E-state index in [9.17, 15) is 18.3 Å². The number of phenols is 1. The summed E-state index contributed by atoms with van der Waals surface area (Å²) in [7, 11) is -3.85. The molecule has 0 unspecified atom stereocenters. The van der Waals surface area contributed by atoms with Crippen LogP contribution in [-0.4, -0.2) is 26.0 Å². The highest BCUT2D eigenvalue weighted by Crippen LogP contribution is 2.30. The Morgan fingerprint density at radius 2 is 2.12 bits per heavy atom. The van der Waals surface area contributed by atoms with Gasteiger partial charge in [-0.25, -0.2) is 9.03 Å². The summed E-state index contributed by atoms with van der Waals surface area (Å²) < 4.78 is 25.7. The first-order chi connectivity index (χ1) is 7.40. The van der Waals surface area contributed by atoms with E-state index in [1.807, 2.05) is 4.72 Å². The van der Waals surface area contributed by atoms with Gasteiger partial charge in [0.25, 0.3) is 5.91 Å². The minimum Gasteiger partial charge on any atom is -0.506 e. The molecule has 7 heteroatoms. The summed E-state index contributed by atoms with van der Waals surface area (Å²) in [6, 6.07) is 4.55. The first kappa shape index (κ1) is 10.7. The van der Waals surface area contributed by atoms with Crippen LogP contribution in [0.15, 0.2) is 18.2 Å². The SMILES string of the molecule is Cc1ccc(O)c(N2CC(=O)NS2(=O)=O)c1. The summed E-state index contributed by atoms with van der Waals surface area (Å²) >= 11 is 0. The van der Waals surface area contributed by atoms with Gasteiger partial charge in [-0.1, -0.05) is 6.07 Å². The van der Waals surface area contributed by atoms with Gasteiger partial charge in [-0.05, 0) is 24.6 Å². The number of hydrogen-bond donors (Lipinski definition) is 2. The van der Waals surface area contributed by atoms with Gasteiger partial charge in [-0.15, -0.1) is 0 Å². The second-order valence-electron chi connectivity index (χ2n) is 3.53. The molecule has 1 aliphatic rings. The van der Waals surface area contributed by atoms with Crippen molar-refractivity contribution in [1.29, 1.82) is 0 Å². The molecular weight excluding hydrogens is 232 g/mol. The fourth-order valence-corrected chi connectivity index (χ4v) is 2.65. The maximum absolute atomic E-state index is 11.5. The Morgan fingerprint density at radius 1 is 1.44 bits per heavy atom. The molecule has 1 amide bonds.